The third-order valence-corrected chi connectivity index (χ3v) is 5.11. The number of nitrogens with one attached hydrogen (secondary N) is 1. The Balaban J connectivity index is 1.80. The Kier molecular flexibility index (Phi) is 6.06. The van der Waals surface area contributed by atoms with Crippen LogP contribution < -0.4 is 15.8 Å². The molecule has 1 saturated heterocycles. The highest BCUT2D eigenvalue weighted by Gasteiger charge is 2.49. The molecule has 0 amide bonds. The van der Waals surface area contributed by atoms with Crippen LogP contribution in [-0.2, 0) is 13.8 Å². The third kappa shape index (κ3) is 4.53. The molecule has 0 spiro atoms. The van der Waals surface area contributed by atoms with E-state index in [0.717, 1.165) is 16.8 Å². The van der Waals surface area contributed by atoms with Crippen molar-refractivity contribution in [1.82, 2.24) is 9.55 Å². The quantitative estimate of drug-likeness (QED) is 0.459. The summed E-state index contributed by atoms with van der Waals surface area (Å²) in [5, 5.41) is 20.3. The summed E-state index contributed by atoms with van der Waals surface area (Å²) in [7, 11) is -4.74. The second kappa shape index (κ2) is 8.18. The van der Waals surface area contributed by atoms with Gasteiger partial charge in [-0.25, -0.2) is 9.36 Å². The van der Waals surface area contributed by atoms with Gasteiger partial charge < -0.3 is 19.5 Å². The maximum absolute atomic E-state index is 12.3. The molecule has 13 heteroatoms. The number of benzene rings is 1. The van der Waals surface area contributed by atoms with Gasteiger partial charge in [-0.15, -0.1) is 0 Å². The van der Waals surface area contributed by atoms with Crippen molar-refractivity contribution in [2.75, 3.05) is 6.61 Å². The molecule has 4 N–H and O–H groups in total. The van der Waals surface area contributed by atoms with Crippen molar-refractivity contribution in [3.05, 3.63) is 62.4 Å². The molecule has 0 radical (unpaired) electrons. The fourth-order valence-corrected chi connectivity index (χ4v) is 3.78. The number of rotatable bonds is 6. The lowest BCUT2D eigenvalue weighted by molar-refractivity contribution is -0.0548. The van der Waals surface area contributed by atoms with Crippen LogP contribution >= 0.6 is 19.4 Å². The van der Waals surface area contributed by atoms with E-state index >= 15 is 0 Å². The zero-order valence-electron chi connectivity index (χ0n) is 14.0. The van der Waals surface area contributed by atoms with Crippen LogP contribution in [0.3, 0.4) is 0 Å². The molecule has 2 heterocycles. The Hall–Kier alpha value is -1.98. The molecule has 0 saturated carbocycles. The van der Waals surface area contributed by atoms with Crippen LogP contribution in [0.25, 0.3) is 0 Å². The summed E-state index contributed by atoms with van der Waals surface area (Å²) in [5.74, 6) is -0.0161. The minimum absolute atomic E-state index is 0.0161. The van der Waals surface area contributed by atoms with Crippen LogP contribution in [-0.4, -0.2) is 49.6 Å². The van der Waals surface area contributed by atoms with Crippen molar-refractivity contribution >= 4 is 19.4 Å². The molecule has 1 fully saturated rings. The van der Waals surface area contributed by atoms with E-state index in [1.165, 1.54) is 24.3 Å². The van der Waals surface area contributed by atoms with Gasteiger partial charge in [0.2, 0.25) is 0 Å². The maximum Gasteiger partial charge on any atom is 0.527 e. The van der Waals surface area contributed by atoms with Gasteiger partial charge in [0.05, 0.1) is 6.61 Å². The zero-order chi connectivity index (χ0) is 20.5. The van der Waals surface area contributed by atoms with Gasteiger partial charge in [0.15, 0.2) is 6.23 Å². The highest BCUT2D eigenvalue weighted by molar-refractivity contribution is 7.47. The number of halogens is 1. The Morgan fingerprint density at radius 3 is 2.54 bits per heavy atom. The van der Waals surface area contributed by atoms with Crippen LogP contribution in [0, 0.1) is 0 Å². The summed E-state index contributed by atoms with van der Waals surface area (Å²) in [6.45, 7) is -0.683. The van der Waals surface area contributed by atoms with Gasteiger partial charge in [-0.2, -0.15) is 0 Å². The lowest BCUT2D eigenvalue weighted by Crippen LogP contribution is -2.38. The highest BCUT2D eigenvalue weighted by atomic mass is 35.5. The van der Waals surface area contributed by atoms with E-state index in [1.54, 1.807) is 0 Å². The molecule has 0 bridgehead atoms. The van der Waals surface area contributed by atoms with Gasteiger partial charge in [-0.05, 0) is 24.3 Å². The first-order valence-corrected chi connectivity index (χ1v) is 9.80. The molecular formula is C15H16ClN2O9P. The normalized spacial score (nSPS) is 26.7. The number of aliphatic hydroxyl groups excluding tert-OH is 2. The minimum Gasteiger partial charge on any atom is -0.404 e. The smallest absolute Gasteiger partial charge is 0.404 e. The predicted octanol–water partition coefficient (Wildman–Crippen LogP) is 0.00520. The first-order chi connectivity index (χ1) is 13.2. The summed E-state index contributed by atoms with van der Waals surface area (Å²) in [5.41, 5.74) is -1.53. The average Bonchev–Trinajstić information content (AvgIpc) is 2.92. The van der Waals surface area contributed by atoms with E-state index < -0.39 is 50.2 Å². The Bertz CT molecular complexity index is 992. The van der Waals surface area contributed by atoms with Crippen molar-refractivity contribution in [3.63, 3.8) is 0 Å². The molecule has 1 aliphatic rings. The number of ether oxygens (including phenoxy) is 1. The van der Waals surface area contributed by atoms with Crippen molar-refractivity contribution in [2.45, 2.75) is 24.5 Å². The Morgan fingerprint density at radius 2 is 1.93 bits per heavy atom. The van der Waals surface area contributed by atoms with Gasteiger partial charge in [-0.3, -0.25) is 23.8 Å². The second-order valence-electron chi connectivity index (χ2n) is 5.84. The fraction of sp³-hybridized carbons (Fsp3) is 0.333. The molecule has 2 aromatic rings. The highest BCUT2D eigenvalue weighted by Crippen LogP contribution is 2.48. The number of phosphoric ester groups is 1. The van der Waals surface area contributed by atoms with Gasteiger partial charge in [0, 0.05) is 17.3 Å². The monoisotopic (exact) mass is 434 g/mol. The van der Waals surface area contributed by atoms with Crippen LogP contribution in [0.5, 0.6) is 5.75 Å². The molecule has 152 valence electrons. The van der Waals surface area contributed by atoms with Gasteiger partial charge in [-0.1, -0.05) is 11.6 Å². The van der Waals surface area contributed by atoms with E-state index in [2.05, 4.69) is 0 Å². The molecule has 0 aliphatic carbocycles. The number of phosphoric acid groups is 1. The van der Waals surface area contributed by atoms with E-state index in [9.17, 15) is 29.3 Å². The summed E-state index contributed by atoms with van der Waals surface area (Å²) in [4.78, 5) is 35.1. The average molecular weight is 435 g/mol. The fourth-order valence-electron chi connectivity index (χ4n) is 2.66. The summed E-state index contributed by atoms with van der Waals surface area (Å²) < 4.78 is 28.4. The SMILES string of the molecule is O=c1ccn([C@@H]2O[C@H](CO)[C@@H](OP(=O)(O)Oc3ccc(Cl)cc3)[C@H]2O)c(=O)[nH]1. The van der Waals surface area contributed by atoms with E-state index in [4.69, 9.17) is 25.4 Å². The largest absolute Gasteiger partial charge is 0.527 e. The molecule has 1 aliphatic heterocycles. The van der Waals surface area contributed by atoms with Crippen molar-refractivity contribution < 1.29 is 33.5 Å². The molecule has 3 rings (SSSR count). The number of nitrogens with zero attached hydrogens (tertiary/aromatic N) is 1. The Morgan fingerprint density at radius 1 is 1.25 bits per heavy atom. The lowest BCUT2D eigenvalue weighted by atomic mass is 10.1. The summed E-state index contributed by atoms with van der Waals surface area (Å²) >= 11 is 5.73. The Labute approximate surface area is 162 Å². The van der Waals surface area contributed by atoms with Crippen molar-refractivity contribution in [3.8, 4) is 5.75 Å². The zero-order valence-corrected chi connectivity index (χ0v) is 15.7. The van der Waals surface area contributed by atoms with Crippen LogP contribution in [0.2, 0.25) is 5.02 Å². The number of hydrogen-bond acceptors (Lipinski definition) is 8. The first-order valence-electron chi connectivity index (χ1n) is 7.92. The molecule has 11 nitrogen and oxygen atoms in total. The van der Waals surface area contributed by atoms with E-state index in [-0.39, 0.29) is 5.75 Å². The number of aromatic nitrogens is 2. The van der Waals surface area contributed by atoms with Crippen molar-refractivity contribution in [2.24, 2.45) is 0 Å². The van der Waals surface area contributed by atoms with Crippen molar-refractivity contribution in [1.29, 1.82) is 0 Å². The van der Waals surface area contributed by atoms with Gasteiger partial charge >= 0.3 is 13.5 Å². The predicted molar refractivity (Wildman–Crippen MR) is 95.1 cm³/mol. The van der Waals surface area contributed by atoms with Crippen LogP contribution in [0.4, 0.5) is 0 Å². The summed E-state index contributed by atoms with van der Waals surface area (Å²) in [6.07, 6.45) is -4.67. The van der Waals surface area contributed by atoms with Gasteiger partial charge in [0.1, 0.15) is 24.1 Å². The minimum atomic E-state index is -4.74. The second-order valence-corrected chi connectivity index (χ2v) is 7.61. The molecule has 5 atom stereocenters. The third-order valence-electron chi connectivity index (χ3n) is 3.90. The molecule has 1 aromatic heterocycles. The first kappa shape index (κ1) is 20.7. The molecule has 1 unspecified atom stereocenters. The van der Waals surface area contributed by atoms with E-state index in [1.807, 2.05) is 4.98 Å². The van der Waals surface area contributed by atoms with E-state index in [0.29, 0.717) is 5.02 Å². The number of aliphatic hydroxyl groups is 2. The number of H-pyrrole nitrogens is 1. The standard InChI is InChI=1S/C15H16ClN2O9P/c16-8-1-3-9(4-2-8)26-28(23,24)27-13-10(7-19)25-14(12(13)21)18-6-5-11(20)17-15(18)22/h1-6,10,12-14,19,21H,7H2,(H,23,24)(H,17,20,22)/t10-,12-,13-,14-/m1/s1. The van der Waals surface area contributed by atoms with Crippen LogP contribution in [0.15, 0.2) is 46.1 Å². The number of hydrogen-bond donors (Lipinski definition) is 4. The maximum atomic E-state index is 12.3. The summed E-state index contributed by atoms with van der Waals surface area (Å²) in [6, 6.07) is 6.56. The van der Waals surface area contributed by atoms with Crippen LogP contribution in [0.1, 0.15) is 6.23 Å². The molecule has 1 aromatic carbocycles. The number of aromatic amines is 1. The topological polar surface area (TPSA) is 160 Å². The molecular weight excluding hydrogens is 419 g/mol. The van der Waals surface area contributed by atoms with Gasteiger partial charge in [0.25, 0.3) is 5.56 Å². The molecule has 28 heavy (non-hydrogen) atoms. The lowest BCUT2D eigenvalue weighted by Gasteiger charge is -2.22.